The summed E-state index contributed by atoms with van der Waals surface area (Å²) < 4.78 is 0. The fourth-order valence-electron chi connectivity index (χ4n) is 4.01. The van der Waals surface area contributed by atoms with Crippen LogP contribution in [0.2, 0.25) is 0 Å². The maximum absolute atomic E-state index is 13.2. The highest BCUT2D eigenvalue weighted by Crippen LogP contribution is 2.10. The first-order valence-electron chi connectivity index (χ1n) is 12.3. The molecule has 0 radical (unpaired) electrons. The summed E-state index contributed by atoms with van der Waals surface area (Å²) in [6, 6.07) is -3.34. The minimum absolute atomic E-state index is 0.0448. The molecule has 1 aliphatic rings. The first-order chi connectivity index (χ1) is 16.7. The quantitative estimate of drug-likeness (QED) is 0.158. The Morgan fingerprint density at radius 1 is 1.11 bits per heavy atom. The molecule has 0 bridgehead atoms. The molecule has 1 aliphatic heterocycles. The van der Waals surface area contributed by atoms with Crippen LogP contribution < -0.4 is 27.0 Å². The number of unbranched alkanes of at least 4 members (excludes halogenated alkanes) is 1. The molecule has 1 saturated heterocycles. The van der Waals surface area contributed by atoms with Crippen molar-refractivity contribution in [3.05, 3.63) is 18.2 Å². The molecule has 0 aromatic carbocycles. The number of imidazole rings is 1. The molecule has 0 aliphatic carbocycles. The number of nitrogens with zero attached hydrogens (tertiary/aromatic N) is 1. The Kier molecular flexibility index (Phi) is 11.6. The van der Waals surface area contributed by atoms with Crippen LogP contribution in [0.15, 0.2) is 12.5 Å². The second kappa shape index (κ2) is 14.4. The van der Waals surface area contributed by atoms with Gasteiger partial charge in [0, 0.05) is 18.3 Å². The average molecular weight is 494 g/mol. The van der Waals surface area contributed by atoms with Crippen LogP contribution in [0.5, 0.6) is 0 Å². The lowest BCUT2D eigenvalue weighted by Crippen LogP contribution is -2.57. The van der Waals surface area contributed by atoms with Crippen LogP contribution in [-0.4, -0.2) is 76.0 Å². The van der Waals surface area contributed by atoms with Crippen LogP contribution in [0.1, 0.15) is 58.1 Å². The molecule has 4 atom stereocenters. The molecule has 0 saturated carbocycles. The lowest BCUT2D eigenvalue weighted by atomic mass is 10.0. The van der Waals surface area contributed by atoms with E-state index >= 15 is 0 Å². The van der Waals surface area contributed by atoms with Gasteiger partial charge in [-0.15, -0.1) is 0 Å². The third-order valence-corrected chi connectivity index (χ3v) is 5.89. The van der Waals surface area contributed by atoms with Gasteiger partial charge in [-0.3, -0.25) is 14.4 Å². The highest BCUT2D eigenvalue weighted by atomic mass is 16.4. The first-order valence-corrected chi connectivity index (χ1v) is 12.3. The molecule has 1 aromatic rings. The maximum atomic E-state index is 13.2. The minimum Gasteiger partial charge on any atom is -0.480 e. The van der Waals surface area contributed by atoms with E-state index in [0.29, 0.717) is 37.9 Å². The summed E-state index contributed by atoms with van der Waals surface area (Å²) in [5, 5.41) is 20.7. The van der Waals surface area contributed by atoms with Gasteiger partial charge in [-0.05, 0) is 57.5 Å². The predicted molar refractivity (Wildman–Crippen MR) is 129 cm³/mol. The Morgan fingerprint density at radius 2 is 1.83 bits per heavy atom. The number of carbonyl (C=O) groups is 4. The number of nitrogens with two attached hydrogens (primary N) is 1. The molecule has 35 heavy (non-hydrogen) atoms. The maximum Gasteiger partial charge on any atom is 0.326 e. The van der Waals surface area contributed by atoms with Crippen LogP contribution in [0.3, 0.4) is 0 Å². The molecular formula is C23H39N7O5. The summed E-state index contributed by atoms with van der Waals surface area (Å²) in [5.41, 5.74) is 6.18. The number of aromatic amines is 1. The van der Waals surface area contributed by atoms with Crippen molar-refractivity contribution < 1.29 is 24.3 Å². The largest absolute Gasteiger partial charge is 0.480 e. The van der Waals surface area contributed by atoms with Crippen molar-refractivity contribution in [1.29, 1.82) is 0 Å². The highest BCUT2D eigenvalue weighted by Gasteiger charge is 2.31. The van der Waals surface area contributed by atoms with Crippen molar-refractivity contribution in [2.75, 3.05) is 13.1 Å². The molecule has 1 fully saturated rings. The van der Waals surface area contributed by atoms with E-state index < -0.39 is 35.9 Å². The van der Waals surface area contributed by atoms with Crippen LogP contribution in [0.4, 0.5) is 0 Å². The Labute approximate surface area is 205 Å². The third-order valence-electron chi connectivity index (χ3n) is 5.89. The molecule has 12 nitrogen and oxygen atoms in total. The number of rotatable bonds is 15. The number of carbonyl (C=O) groups excluding carboxylic acids is 3. The molecule has 2 heterocycles. The number of carboxylic acid groups (broad SMARTS) is 1. The van der Waals surface area contributed by atoms with Crippen LogP contribution in [0.25, 0.3) is 0 Å². The second-order valence-corrected chi connectivity index (χ2v) is 9.37. The molecule has 8 N–H and O–H groups in total. The van der Waals surface area contributed by atoms with Crippen molar-refractivity contribution in [2.45, 2.75) is 83.0 Å². The summed E-state index contributed by atoms with van der Waals surface area (Å²) in [4.78, 5) is 57.5. The summed E-state index contributed by atoms with van der Waals surface area (Å²) in [7, 11) is 0. The van der Waals surface area contributed by atoms with Gasteiger partial charge in [-0.1, -0.05) is 13.8 Å². The van der Waals surface area contributed by atoms with E-state index in [1.807, 2.05) is 13.8 Å². The van der Waals surface area contributed by atoms with Gasteiger partial charge < -0.3 is 37.1 Å². The number of hydrogen-bond acceptors (Lipinski definition) is 7. The number of nitrogens with one attached hydrogen (secondary N) is 5. The number of aromatic nitrogens is 2. The van der Waals surface area contributed by atoms with Crippen LogP contribution in [0, 0.1) is 5.92 Å². The zero-order valence-electron chi connectivity index (χ0n) is 20.5. The molecule has 196 valence electrons. The lowest BCUT2D eigenvalue weighted by Gasteiger charge is -2.25. The SMILES string of the molecule is CC(C)CC(NC(=O)C(Cc1cnc[nH]1)NC(=O)C(CCCCN)NC(=O)C1CCCN1)C(=O)O. The summed E-state index contributed by atoms with van der Waals surface area (Å²) in [6.45, 7) is 4.93. The normalized spacial score (nSPS) is 18.0. The number of amides is 3. The molecule has 4 unspecified atom stereocenters. The van der Waals surface area contributed by atoms with Gasteiger partial charge in [0.2, 0.25) is 17.7 Å². The zero-order valence-corrected chi connectivity index (χ0v) is 20.5. The summed E-state index contributed by atoms with van der Waals surface area (Å²) >= 11 is 0. The monoisotopic (exact) mass is 493 g/mol. The first kappa shape index (κ1) is 28.2. The average Bonchev–Trinajstić information content (AvgIpc) is 3.51. The molecule has 3 amide bonds. The molecule has 12 heteroatoms. The van der Waals surface area contributed by atoms with Gasteiger partial charge in [0.1, 0.15) is 18.1 Å². The summed E-state index contributed by atoms with van der Waals surface area (Å²) in [6.07, 6.45) is 6.57. The molecule has 1 aromatic heterocycles. The van der Waals surface area contributed by atoms with Crippen molar-refractivity contribution >= 4 is 23.7 Å². The lowest BCUT2D eigenvalue weighted by molar-refractivity contribution is -0.142. The van der Waals surface area contributed by atoms with E-state index in [2.05, 4.69) is 31.2 Å². The number of carboxylic acids is 1. The molecule has 2 rings (SSSR count). The van der Waals surface area contributed by atoms with Gasteiger partial charge in [0.05, 0.1) is 12.4 Å². The van der Waals surface area contributed by atoms with Gasteiger partial charge >= 0.3 is 5.97 Å². The standard InChI is InChI=1S/C23H39N7O5/c1-14(2)10-19(23(34)35)30-22(33)18(11-15-12-25-13-27-15)29-21(32)17(6-3-4-8-24)28-20(31)16-7-5-9-26-16/h12-14,16-19,26H,3-11,24H2,1-2H3,(H,25,27)(H,28,31)(H,29,32)(H,30,33)(H,34,35). The van der Waals surface area contributed by atoms with Crippen molar-refractivity contribution in [1.82, 2.24) is 31.2 Å². The van der Waals surface area contributed by atoms with E-state index in [9.17, 15) is 24.3 Å². The van der Waals surface area contributed by atoms with E-state index in [1.54, 1.807) is 0 Å². The number of H-pyrrole nitrogens is 1. The molecule has 0 spiro atoms. The fraction of sp³-hybridized carbons (Fsp3) is 0.696. The van der Waals surface area contributed by atoms with Gasteiger partial charge in [0.15, 0.2) is 0 Å². The summed E-state index contributed by atoms with van der Waals surface area (Å²) in [5.74, 6) is -2.49. The smallest absolute Gasteiger partial charge is 0.326 e. The minimum atomic E-state index is -1.14. The number of hydrogen-bond donors (Lipinski definition) is 7. The van der Waals surface area contributed by atoms with Gasteiger partial charge in [-0.25, -0.2) is 9.78 Å². The van der Waals surface area contributed by atoms with Crippen LogP contribution >= 0.6 is 0 Å². The Morgan fingerprint density at radius 3 is 2.40 bits per heavy atom. The third kappa shape index (κ3) is 9.65. The van der Waals surface area contributed by atoms with E-state index in [0.717, 1.165) is 13.0 Å². The van der Waals surface area contributed by atoms with E-state index in [4.69, 9.17) is 5.73 Å². The van der Waals surface area contributed by atoms with E-state index in [1.165, 1.54) is 12.5 Å². The Balaban J connectivity index is 2.14. The van der Waals surface area contributed by atoms with Gasteiger partial charge in [-0.2, -0.15) is 0 Å². The van der Waals surface area contributed by atoms with Gasteiger partial charge in [0.25, 0.3) is 0 Å². The van der Waals surface area contributed by atoms with Crippen molar-refractivity contribution in [3.63, 3.8) is 0 Å². The fourth-order valence-corrected chi connectivity index (χ4v) is 4.01. The second-order valence-electron chi connectivity index (χ2n) is 9.37. The zero-order chi connectivity index (χ0) is 25.8. The predicted octanol–water partition coefficient (Wildman–Crippen LogP) is -0.582. The van der Waals surface area contributed by atoms with Crippen LogP contribution in [-0.2, 0) is 25.6 Å². The van der Waals surface area contributed by atoms with Crippen molar-refractivity contribution in [3.8, 4) is 0 Å². The Bertz CT molecular complexity index is 824. The topological polar surface area (TPSA) is 191 Å². The molecular weight excluding hydrogens is 454 g/mol. The number of aliphatic carboxylic acids is 1. The van der Waals surface area contributed by atoms with E-state index in [-0.39, 0.29) is 30.7 Å². The van der Waals surface area contributed by atoms with Crippen molar-refractivity contribution in [2.24, 2.45) is 11.7 Å². The Hall–Kier alpha value is -2.99. The highest BCUT2D eigenvalue weighted by molar-refractivity contribution is 5.94.